The van der Waals surface area contributed by atoms with Crippen molar-refractivity contribution in [2.24, 2.45) is 0 Å². The third kappa shape index (κ3) is 4.19. The Balaban J connectivity index is 1.92. The van der Waals surface area contributed by atoms with Gasteiger partial charge in [0.05, 0.1) is 43.2 Å². The van der Waals surface area contributed by atoms with Crippen LogP contribution in [0.3, 0.4) is 0 Å². The molecule has 1 aromatic heterocycles. The molecule has 0 spiro atoms. The van der Waals surface area contributed by atoms with Gasteiger partial charge in [-0.2, -0.15) is 0 Å². The Morgan fingerprint density at radius 1 is 1.15 bits per heavy atom. The van der Waals surface area contributed by atoms with Crippen LogP contribution in [0.4, 0.5) is 0 Å². The van der Waals surface area contributed by atoms with Gasteiger partial charge in [0.15, 0.2) is 0 Å². The van der Waals surface area contributed by atoms with Gasteiger partial charge in [-0.1, -0.05) is 29.8 Å². The van der Waals surface area contributed by atoms with Gasteiger partial charge in [0.1, 0.15) is 23.0 Å². The van der Waals surface area contributed by atoms with E-state index in [4.69, 9.17) is 25.5 Å². The number of ketones is 1. The molecule has 4 rings (SSSR count). The quantitative estimate of drug-likeness (QED) is 0.300. The highest BCUT2D eigenvalue weighted by molar-refractivity contribution is 6.47. The first-order valence-corrected chi connectivity index (χ1v) is 10.7. The first-order valence-electron chi connectivity index (χ1n) is 10.3. The third-order valence-electron chi connectivity index (χ3n) is 5.38. The van der Waals surface area contributed by atoms with E-state index in [0.29, 0.717) is 29.4 Å². The van der Waals surface area contributed by atoms with Crippen LogP contribution >= 0.6 is 11.6 Å². The van der Waals surface area contributed by atoms with Crippen molar-refractivity contribution in [2.45, 2.75) is 19.5 Å². The maximum atomic E-state index is 13.2. The van der Waals surface area contributed by atoms with Crippen LogP contribution in [-0.4, -0.2) is 35.4 Å². The van der Waals surface area contributed by atoms with E-state index in [1.807, 2.05) is 6.92 Å². The Kier molecular flexibility index (Phi) is 6.42. The van der Waals surface area contributed by atoms with Crippen molar-refractivity contribution >= 4 is 29.1 Å². The van der Waals surface area contributed by atoms with Gasteiger partial charge in [-0.15, -0.1) is 0 Å². The summed E-state index contributed by atoms with van der Waals surface area (Å²) in [6.45, 7) is 2.27. The maximum absolute atomic E-state index is 13.2. The van der Waals surface area contributed by atoms with E-state index in [2.05, 4.69) is 0 Å². The number of nitrogens with zero attached hydrogens (tertiary/aromatic N) is 1. The fourth-order valence-corrected chi connectivity index (χ4v) is 4.12. The Bertz CT molecular complexity index is 1220. The Morgan fingerprint density at radius 3 is 2.64 bits per heavy atom. The molecule has 170 valence electrons. The van der Waals surface area contributed by atoms with Gasteiger partial charge >= 0.3 is 0 Å². The molecule has 2 heterocycles. The zero-order chi connectivity index (χ0) is 23.5. The van der Waals surface area contributed by atoms with E-state index in [1.54, 1.807) is 54.6 Å². The molecule has 1 amide bonds. The molecule has 1 unspecified atom stereocenters. The summed E-state index contributed by atoms with van der Waals surface area (Å²) in [7, 11) is 1.50. The number of likely N-dealkylation sites (tertiary alicyclic amines) is 1. The zero-order valence-electron chi connectivity index (χ0n) is 18.1. The molecule has 0 radical (unpaired) electrons. The molecule has 3 aromatic rings. The summed E-state index contributed by atoms with van der Waals surface area (Å²) in [5.74, 6) is -0.546. The second-order valence-corrected chi connectivity index (χ2v) is 7.73. The number of benzene rings is 2. The van der Waals surface area contributed by atoms with Crippen LogP contribution in [0.1, 0.15) is 29.9 Å². The molecule has 0 aliphatic carbocycles. The van der Waals surface area contributed by atoms with Crippen LogP contribution in [0.2, 0.25) is 5.02 Å². The number of Topliss-reactive ketones (excluding diaryl/α,β-unsaturated/α-hetero) is 1. The average molecular weight is 468 g/mol. The lowest BCUT2D eigenvalue weighted by molar-refractivity contribution is -0.140. The van der Waals surface area contributed by atoms with Gasteiger partial charge in [0, 0.05) is 11.1 Å². The van der Waals surface area contributed by atoms with Crippen LogP contribution < -0.4 is 9.47 Å². The van der Waals surface area contributed by atoms with Crippen molar-refractivity contribution in [2.75, 3.05) is 13.7 Å². The fourth-order valence-electron chi connectivity index (χ4n) is 3.92. The minimum atomic E-state index is -0.918. The number of aliphatic hydroxyl groups excluding tert-OH is 1. The summed E-state index contributed by atoms with van der Waals surface area (Å²) < 4.78 is 16.4. The molecule has 0 saturated carbocycles. The monoisotopic (exact) mass is 467 g/mol. The highest BCUT2D eigenvalue weighted by Gasteiger charge is 2.47. The number of ether oxygens (including phenoxy) is 2. The van der Waals surface area contributed by atoms with Crippen molar-refractivity contribution in [3.05, 3.63) is 88.3 Å². The van der Waals surface area contributed by atoms with E-state index in [0.717, 1.165) is 0 Å². The van der Waals surface area contributed by atoms with E-state index < -0.39 is 23.5 Å². The third-order valence-corrected chi connectivity index (χ3v) is 5.71. The molecular weight excluding hydrogens is 446 g/mol. The molecule has 2 aromatic carbocycles. The molecule has 7 nitrogen and oxygen atoms in total. The molecular formula is C25H22ClNO6. The number of rotatable bonds is 7. The van der Waals surface area contributed by atoms with Crippen LogP contribution in [-0.2, 0) is 16.1 Å². The SMILES string of the molecule is CCOc1ccc(Cl)c(/C(O)=C2\C(=O)C(=O)N(Cc3ccco3)C2c2ccccc2OC)c1. The standard InChI is InChI=1S/C25H22ClNO6/c1-3-32-15-10-11-19(26)18(13-15)23(28)21-22(17-8-4-5-9-20(17)31-2)27(25(30)24(21)29)14-16-7-6-12-33-16/h4-13,22,28H,3,14H2,1-2H3/b23-21+. The van der Waals surface area contributed by atoms with Gasteiger partial charge in [-0.3, -0.25) is 9.59 Å². The highest BCUT2D eigenvalue weighted by Crippen LogP contribution is 2.44. The molecule has 1 saturated heterocycles. The van der Waals surface area contributed by atoms with Crippen LogP contribution in [0.15, 0.2) is 70.9 Å². The molecule has 8 heteroatoms. The van der Waals surface area contributed by atoms with Crippen LogP contribution in [0, 0.1) is 0 Å². The number of carbonyl (C=O) groups excluding carboxylic acids is 2. The van der Waals surface area contributed by atoms with Gasteiger partial charge in [0.2, 0.25) is 0 Å². The normalized spacial score (nSPS) is 17.4. The predicted molar refractivity (Wildman–Crippen MR) is 122 cm³/mol. The number of halogens is 1. The van der Waals surface area contributed by atoms with Crippen molar-refractivity contribution < 1.29 is 28.6 Å². The van der Waals surface area contributed by atoms with Gasteiger partial charge in [-0.25, -0.2) is 0 Å². The fraction of sp³-hybridized carbons (Fsp3) is 0.200. The Labute approximate surface area is 195 Å². The lowest BCUT2D eigenvalue weighted by atomic mass is 9.94. The number of hydrogen-bond acceptors (Lipinski definition) is 6. The predicted octanol–water partition coefficient (Wildman–Crippen LogP) is 4.96. The first kappa shape index (κ1) is 22.5. The summed E-state index contributed by atoms with van der Waals surface area (Å²) in [6.07, 6.45) is 1.49. The molecule has 1 atom stereocenters. The van der Waals surface area contributed by atoms with Crippen molar-refractivity contribution in [3.8, 4) is 11.5 Å². The topological polar surface area (TPSA) is 89.2 Å². The maximum Gasteiger partial charge on any atom is 0.296 e. The molecule has 1 aliphatic rings. The Hall–Kier alpha value is -3.71. The summed E-state index contributed by atoms with van der Waals surface area (Å²) in [5.41, 5.74) is 0.648. The minimum absolute atomic E-state index is 0.0315. The largest absolute Gasteiger partial charge is 0.507 e. The second-order valence-electron chi connectivity index (χ2n) is 7.32. The smallest absolute Gasteiger partial charge is 0.296 e. The van der Waals surface area contributed by atoms with Crippen molar-refractivity contribution in [1.29, 1.82) is 0 Å². The first-order chi connectivity index (χ1) is 16.0. The summed E-state index contributed by atoms with van der Waals surface area (Å²) in [5, 5.41) is 11.5. The summed E-state index contributed by atoms with van der Waals surface area (Å²) in [6, 6.07) is 14.3. The average Bonchev–Trinajstić information content (AvgIpc) is 3.42. The van der Waals surface area contributed by atoms with Crippen molar-refractivity contribution in [3.63, 3.8) is 0 Å². The second kappa shape index (κ2) is 9.42. The van der Waals surface area contributed by atoms with Crippen LogP contribution in [0.25, 0.3) is 5.76 Å². The van der Waals surface area contributed by atoms with Gasteiger partial charge in [0.25, 0.3) is 11.7 Å². The molecule has 33 heavy (non-hydrogen) atoms. The summed E-state index contributed by atoms with van der Waals surface area (Å²) >= 11 is 6.36. The molecule has 0 bridgehead atoms. The number of hydrogen-bond donors (Lipinski definition) is 1. The number of methoxy groups -OCH3 is 1. The minimum Gasteiger partial charge on any atom is -0.507 e. The molecule has 1 N–H and O–H groups in total. The lowest BCUT2D eigenvalue weighted by Gasteiger charge is -2.26. The number of amides is 1. The van der Waals surface area contributed by atoms with Crippen LogP contribution in [0.5, 0.6) is 11.5 Å². The molecule has 1 fully saturated rings. The zero-order valence-corrected chi connectivity index (χ0v) is 18.8. The Morgan fingerprint density at radius 2 is 1.94 bits per heavy atom. The van der Waals surface area contributed by atoms with E-state index in [1.165, 1.54) is 18.3 Å². The molecule has 1 aliphatic heterocycles. The number of para-hydroxylation sites is 1. The number of carbonyl (C=O) groups is 2. The number of aliphatic hydroxyl groups is 1. The lowest BCUT2D eigenvalue weighted by Crippen LogP contribution is -2.29. The highest BCUT2D eigenvalue weighted by atomic mass is 35.5. The number of furan rings is 1. The van der Waals surface area contributed by atoms with Gasteiger partial charge < -0.3 is 23.9 Å². The van der Waals surface area contributed by atoms with E-state index >= 15 is 0 Å². The van der Waals surface area contributed by atoms with E-state index in [9.17, 15) is 14.7 Å². The van der Waals surface area contributed by atoms with Gasteiger partial charge in [-0.05, 0) is 43.3 Å². The van der Waals surface area contributed by atoms with E-state index in [-0.39, 0.29) is 22.7 Å². The summed E-state index contributed by atoms with van der Waals surface area (Å²) in [4.78, 5) is 27.7. The van der Waals surface area contributed by atoms with Crippen molar-refractivity contribution in [1.82, 2.24) is 4.90 Å².